The van der Waals surface area contributed by atoms with Gasteiger partial charge in [0, 0.05) is 13.1 Å². The van der Waals surface area contributed by atoms with Gasteiger partial charge in [0.15, 0.2) is 0 Å². The van der Waals surface area contributed by atoms with Crippen LogP contribution in [0.15, 0.2) is 24.3 Å². The summed E-state index contributed by atoms with van der Waals surface area (Å²) >= 11 is 0. The van der Waals surface area contributed by atoms with Crippen LogP contribution in [0.1, 0.15) is 27.2 Å². The third kappa shape index (κ3) is 3.39. The monoisotopic (exact) mass is 248 g/mol. The summed E-state index contributed by atoms with van der Waals surface area (Å²) in [5.74, 6) is 0.963. The van der Waals surface area contributed by atoms with Gasteiger partial charge >= 0.3 is 0 Å². The number of nitrogens with one attached hydrogen (secondary N) is 2. The van der Waals surface area contributed by atoms with E-state index in [0.717, 1.165) is 31.1 Å². The second kappa shape index (κ2) is 5.61. The lowest BCUT2D eigenvalue weighted by atomic mass is 9.90. The predicted molar refractivity (Wildman–Crippen MR) is 76.3 cm³/mol. The molecule has 0 saturated carbocycles. The van der Waals surface area contributed by atoms with E-state index in [9.17, 15) is 0 Å². The number of hydrogen-bond acceptors (Lipinski definition) is 3. The average Bonchev–Trinajstić information content (AvgIpc) is 2.38. The first-order valence-electron chi connectivity index (χ1n) is 6.81. The Morgan fingerprint density at radius 3 is 2.94 bits per heavy atom. The van der Waals surface area contributed by atoms with E-state index in [-0.39, 0.29) is 6.10 Å². The molecule has 0 aromatic heterocycles. The summed E-state index contributed by atoms with van der Waals surface area (Å²) in [6, 6.07) is 8.11. The first kappa shape index (κ1) is 13.2. The Morgan fingerprint density at radius 1 is 1.39 bits per heavy atom. The Morgan fingerprint density at radius 2 is 2.17 bits per heavy atom. The van der Waals surface area contributed by atoms with Gasteiger partial charge in [0.25, 0.3) is 0 Å². The van der Waals surface area contributed by atoms with Gasteiger partial charge in [0.05, 0.1) is 12.2 Å². The molecule has 0 bridgehead atoms. The van der Waals surface area contributed by atoms with Crippen molar-refractivity contribution in [3.05, 3.63) is 24.3 Å². The molecule has 1 aliphatic rings. The molecule has 0 fully saturated rings. The second-order valence-electron chi connectivity index (χ2n) is 5.77. The fraction of sp³-hybridized carbons (Fsp3) is 0.600. The maximum Gasteiger partial charge on any atom is 0.142 e. The van der Waals surface area contributed by atoms with Gasteiger partial charge < -0.3 is 15.4 Å². The molecule has 1 aromatic carbocycles. The molecule has 1 unspecified atom stereocenters. The van der Waals surface area contributed by atoms with Crippen LogP contribution in [0.2, 0.25) is 0 Å². The molecule has 1 heterocycles. The number of fused-ring (bicyclic) bond motifs is 1. The van der Waals surface area contributed by atoms with Gasteiger partial charge in [0.2, 0.25) is 0 Å². The molecule has 100 valence electrons. The first-order chi connectivity index (χ1) is 8.61. The van der Waals surface area contributed by atoms with Crippen LogP contribution in [0, 0.1) is 5.41 Å². The zero-order chi connectivity index (χ0) is 13.0. The predicted octanol–water partition coefficient (Wildman–Crippen LogP) is 2.89. The van der Waals surface area contributed by atoms with Gasteiger partial charge in [-0.3, -0.25) is 0 Å². The molecule has 3 nitrogen and oxygen atoms in total. The SMILES string of the molecule is CCC(C)(C)CNCC1CNc2ccccc2O1. The molecular formula is C15H24N2O. The molecule has 0 spiro atoms. The van der Waals surface area contributed by atoms with Gasteiger partial charge in [-0.15, -0.1) is 0 Å². The Balaban J connectivity index is 1.80. The molecule has 1 aliphatic heterocycles. The molecule has 1 atom stereocenters. The average molecular weight is 248 g/mol. The summed E-state index contributed by atoms with van der Waals surface area (Å²) in [7, 11) is 0. The summed E-state index contributed by atoms with van der Waals surface area (Å²) in [5.41, 5.74) is 1.46. The number of ether oxygens (including phenoxy) is 1. The van der Waals surface area contributed by atoms with Crippen molar-refractivity contribution in [2.75, 3.05) is 25.0 Å². The van der Waals surface area contributed by atoms with E-state index in [2.05, 4.69) is 37.5 Å². The third-order valence-corrected chi connectivity index (χ3v) is 3.63. The minimum absolute atomic E-state index is 0.215. The highest BCUT2D eigenvalue weighted by molar-refractivity contribution is 5.57. The standard InChI is InChI=1S/C15H24N2O/c1-4-15(2,3)11-16-9-12-10-17-13-7-5-6-8-14(13)18-12/h5-8,12,16-17H,4,9-11H2,1-3H3. The lowest BCUT2D eigenvalue weighted by Gasteiger charge is -2.29. The van der Waals surface area contributed by atoms with Crippen molar-refractivity contribution in [3.63, 3.8) is 0 Å². The number of hydrogen-bond donors (Lipinski definition) is 2. The maximum atomic E-state index is 5.96. The van der Waals surface area contributed by atoms with Crippen LogP contribution < -0.4 is 15.4 Å². The third-order valence-electron chi connectivity index (χ3n) is 3.63. The number of rotatable bonds is 5. The highest BCUT2D eigenvalue weighted by Crippen LogP contribution is 2.28. The van der Waals surface area contributed by atoms with Gasteiger partial charge in [0.1, 0.15) is 11.9 Å². The van der Waals surface area contributed by atoms with Crippen LogP contribution in [-0.2, 0) is 0 Å². The van der Waals surface area contributed by atoms with Crippen LogP contribution in [0.5, 0.6) is 5.75 Å². The molecule has 2 N–H and O–H groups in total. The van der Waals surface area contributed by atoms with Gasteiger partial charge in [-0.25, -0.2) is 0 Å². The molecule has 3 heteroatoms. The van der Waals surface area contributed by atoms with Gasteiger partial charge in [-0.1, -0.05) is 32.9 Å². The molecule has 18 heavy (non-hydrogen) atoms. The molecule has 0 amide bonds. The highest BCUT2D eigenvalue weighted by Gasteiger charge is 2.20. The number of anilines is 1. The van der Waals surface area contributed by atoms with Gasteiger partial charge in [-0.05, 0) is 24.0 Å². The lowest BCUT2D eigenvalue weighted by molar-refractivity contribution is 0.193. The number of benzene rings is 1. The summed E-state index contributed by atoms with van der Waals surface area (Å²) in [5, 5.41) is 6.92. The van der Waals surface area contributed by atoms with Crippen molar-refractivity contribution in [1.82, 2.24) is 5.32 Å². The van der Waals surface area contributed by atoms with Crippen molar-refractivity contribution in [2.45, 2.75) is 33.3 Å². The summed E-state index contributed by atoms with van der Waals surface area (Å²) in [4.78, 5) is 0. The molecular weight excluding hydrogens is 224 g/mol. The Hall–Kier alpha value is -1.22. The van der Waals surface area contributed by atoms with Crippen LogP contribution >= 0.6 is 0 Å². The highest BCUT2D eigenvalue weighted by atomic mass is 16.5. The normalized spacial score (nSPS) is 18.7. The molecule has 2 rings (SSSR count). The Labute approximate surface area is 110 Å². The quantitative estimate of drug-likeness (QED) is 0.840. The Bertz CT molecular complexity index is 390. The fourth-order valence-corrected chi connectivity index (χ4v) is 1.97. The van der Waals surface area contributed by atoms with Crippen molar-refractivity contribution < 1.29 is 4.74 Å². The van der Waals surface area contributed by atoms with E-state index in [1.54, 1.807) is 0 Å². The first-order valence-corrected chi connectivity index (χ1v) is 6.81. The van der Waals surface area contributed by atoms with Crippen molar-refractivity contribution in [2.24, 2.45) is 5.41 Å². The van der Waals surface area contributed by atoms with Crippen molar-refractivity contribution in [3.8, 4) is 5.75 Å². The van der Waals surface area contributed by atoms with Crippen LogP contribution in [0.25, 0.3) is 0 Å². The van der Waals surface area contributed by atoms with Crippen molar-refractivity contribution in [1.29, 1.82) is 0 Å². The summed E-state index contributed by atoms with van der Waals surface area (Å²) in [6.45, 7) is 9.60. The van der Waals surface area contributed by atoms with E-state index >= 15 is 0 Å². The topological polar surface area (TPSA) is 33.3 Å². The number of para-hydroxylation sites is 2. The lowest BCUT2D eigenvalue weighted by Crippen LogP contribution is -2.42. The van der Waals surface area contributed by atoms with Crippen LogP contribution in [0.4, 0.5) is 5.69 Å². The largest absolute Gasteiger partial charge is 0.485 e. The maximum absolute atomic E-state index is 5.96. The second-order valence-corrected chi connectivity index (χ2v) is 5.77. The summed E-state index contributed by atoms with van der Waals surface area (Å²) in [6.07, 6.45) is 1.40. The fourth-order valence-electron chi connectivity index (χ4n) is 1.97. The van der Waals surface area contributed by atoms with E-state index < -0.39 is 0 Å². The minimum Gasteiger partial charge on any atom is -0.485 e. The zero-order valence-corrected chi connectivity index (χ0v) is 11.6. The van der Waals surface area contributed by atoms with Gasteiger partial charge in [-0.2, -0.15) is 0 Å². The molecule has 0 radical (unpaired) electrons. The zero-order valence-electron chi connectivity index (χ0n) is 11.6. The van der Waals surface area contributed by atoms with E-state index in [0.29, 0.717) is 5.41 Å². The van der Waals surface area contributed by atoms with Crippen LogP contribution in [0.3, 0.4) is 0 Å². The Kier molecular flexibility index (Phi) is 4.12. The van der Waals surface area contributed by atoms with E-state index in [1.807, 2.05) is 18.2 Å². The van der Waals surface area contributed by atoms with Crippen LogP contribution in [-0.4, -0.2) is 25.7 Å². The van der Waals surface area contributed by atoms with E-state index in [4.69, 9.17) is 4.74 Å². The minimum atomic E-state index is 0.215. The summed E-state index contributed by atoms with van der Waals surface area (Å²) < 4.78 is 5.96. The van der Waals surface area contributed by atoms with Crippen molar-refractivity contribution >= 4 is 5.69 Å². The molecule has 1 aromatic rings. The molecule has 0 saturated heterocycles. The molecule has 0 aliphatic carbocycles. The smallest absolute Gasteiger partial charge is 0.142 e. The van der Waals surface area contributed by atoms with E-state index in [1.165, 1.54) is 6.42 Å².